The fourth-order valence-corrected chi connectivity index (χ4v) is 6.23. The first-order valence-electron chi connectivity index (χ1n) is 12.8. The van der Waals surface area contributed by atoms with Gasteiger partial charge in [0, 0.05) is 11.7 Å². The van der Waals surface area contributed by atoms with Crippen LogP contribution in [-0.4, -0.2) is 24.3 Å². The zero-order valence-corrected chi connectivity index (χ0v) is 23.8. The third-order valence-electron chi connectivity index (χ3n) is 7.49. The molecule has 2 amide bonds. The summed E-state index contributed by atoms with van der Waals surface area (Å²) < 4.78 is 36.9. The molecular formula is C30H26Cl2F2N4O3. The Morgan fingerprint density at radius 1 is 1.07 bits per heavy atom. The summed E-state index contributed by atoms with van der Waals surface area (Å²) in [4.78, 5) is 27.2. The Morgan fingerprint density at radius 3 is 2.41 bits per heavy atom. The molecule has 41 heavy (non-hydrogen) atoms. The highest BCUT2D eigenvalue weighted by atomic mass is 35.5. The van der Waals surface area contributed by atoms with E-state index < -0.39 is 47.2 Å². The molecule has 212 valence electrons. The molecular weight excluding hydrogens is 573 g/mol. The molecule has 0 aliphatic carbocycles. The second-order valence-electron chi connectivity index (χ2n) is 11.4. The van der Waals surface area contributed by atoms with E-state index in [9.17, 15) is 9.59 Å². The van der Waals surface area contributed by atoms with Crippen molar-refractivity contribution in [2.45, 2.75) is 50.8 Å². The zero-order valence-electron chi connectivity index (χ0n) is 22.3. The Labute approximate surface area is 245 Å². The molecule has 2 aliphatic rings. The standard InChI is InChI=1S/C30H26Cl2F2N4O3/c1-29(2,3)13-21-30(18-11-12-20(32)24(34)25(18)38-27(30)39)22(17-5-4-6-19(31)23(17)33)26(37-21)41-28(40)36-16-9-7-15(14-35)8-10-16/h4-12,21-22,26,37H,13H2,1-3H3,(H,36,40)(H,38,39)/t21-,22-,26+,30+/m0/s1. The number of carbonyl (C=O) groups excluding carboxylic acids is 2. The maximum absolute atomic E-state index is 15.8. The molecule has 2 heterocycles. The highest BCUT2D eigenvalue weighted by molar-refractivity contribution is 6.31. The monoisotopic (exact) mass is 598 g/mol. The molecule has 1 fully saturated rings. The number of nitrogens with zero attached hydrogens (tertiary/aromatic N) is 1. The van der Waals surface area contributed by atoms with Gasteiger partial charge in [-0.1, -0.05) is 62.2 Å². The highest BCUT2D eigenvalue weighted by Gasteiger charge is 2.66. The number of ether oxygens (including phenoxy) is 1. The second-order valence-corrected chi connectivity index (χ2v) is 12.2. The molecule has 3 N–H and O–H groups in total. The van der Waals surface area contributed by atoms with Gasteiger partial charge in [0.15, 0.2) is 12.0 Å². The molecule has 11 heteroatoms. The van der Waals surface area contributed by atoms with Gasteiger partial charge in [0.1, 0.15) is 11.2 Å². The first kappa shape index (κ1) is 28.8. The van der Waals surface area contributed by atoms with Crippen LogP contribution in [0, 0.1) is 28.4 Å². The number of hydrogen-bond donors (Lipinski definition) is 3. The van der Waals surface area contributed by atoms with Crippen LogP contribution < -0.4 is 16.0 Å². The van der Waals surface area contributed by atoms with Crippen molar-refractivity contribution in [3.05, 3.63) is 93.0 Å². The molecule has 1 spiro atoms. The van der Waals surface area contributed by atoms with Gasteiger partial charge in [-0.05, 0) is 59.4 Å². The number of benzene rings is 3. The maximum Gasteiger partial charge on any atom is 0.413 e. The van der Waals surface area contributed by atoms with Crippen LogP contribution in [0.5, 0.6) is 0 Å². The molecule has 7 nitrogen and oxygen atoms in total. The molecule has 5 rings (SSSR count). The minimum atomic E-state index is -1.60. The van der Waals surface area contributed by atoms with Crippen LogP contribution in [0.3, 0.4) is 0 Å². The normalized spacial score (nSPS) is 23.2. The summed E-state index contributed by atoms with van der Waals surface area (Å²) in [6.45, 7) is 5.91. The van der Waals surface area contributed by atoms with Crippen molar-refractivity contribution in [3.63, 3.8) is 0 Å². The first-order chi connectivity index (χ1) is 19.4. The van der Waals surface area contributed by atoms with E-state index in [1.165, 1.54) is 48.5 Å². The van der Waals surface area contributed by atoms with Crippen molar-refractivity contribution < 1.29 is 23.1 Å². The van der Waals surface area contributed by atoms with Crippen molar-refractivity contribution in [3.8, 4) is 6.07 Å². The smallest absolute Gasteiger partial charge is 0.413 e. The predicted octanol–water partition coefficient (Wildman–Crippen LogP) is 7.10. The van der Waals surface area contributed by atoms with Gasteiger partial charge in [0.25, 0.3) is 0 Å². The molecule has 3 aromatic carbocycles. The molecule has 0 radical (unpaired) electrons. The van der Waals surface area contributed by atoms with Crippen LogP contribution >= 0.6 is 23.2 Å². The lowest BCUT2D eigenvalue weighted by Crippen LogP contribution is -2.49. The Bertz CT molecular complexity index is 1590. The number of nitrogens with one attached hydrogen (secondary N) is 3. The van der Waals surface area contributed by atoms with Crippen LogP contribution in [0.1, 0.15) is 49.8 Å². The number of anilines is 2. The summed E-state index contributed by atoms with van der Waals surface area (Å²) in [5.74, 6) is -3.33. The van der Waals surface area contributed by atoms with Crippen LogP contribution in [0.25, 0.3) is 0 Å². The van der Waals surface area contributed by atoms with E-state index >= 15 is 8.78 Å². The molecule has 0 aromatic heterocycles. The van der Waals surface area contributed by atoms with E-state index in [0.29, 0.717) is 17.7 Å². The Hall–Kier alpha value is -3.71. The van der Waals surface area contributed by atoms with Crippen molar-refractivity contribution in [2.24, 2.45) is 5.41 Å². The van der Waals surface area contributed by atoms with Gasteiger partial charge in [-0.15, -0.1) is 0 Å². The number of amides is 2. The van der Waals surface area contributed by atoms with Crippen LogP contribution in [0.15, 0.2) is 54.6 Å². The number of rotatable bonds is 4. The first-order valence-corrected chi connectivity index (χ1v) is 13.6. The number of nitriles is 1. The van der Waals surface area contributed by atoms with Crippen LogP contribution in [0.2, 0.25) is 10.0 Å². The van der Waals surface area contributed by atoms with Crippen molar-refractivity contribution in [2.75, 3.05) is 10.6 Å². The average Bonchev–Trinajstić information content (AvgIpc) is 3.37. The van der Waals surface area contributed by atoms with E-state index in [2.05, 4.69) is 16.0 Å². The largest absolute Gasteiger partial charge is 0.429 e. The van der Waals surface area contributed by atoms with Gasteiger partial charge < -0.3 is 10.1 Å². The van der Waals surface area contributed by atoms with E-state index in [-0.39, 0.29) is 32.3 Å². The topological polar surface area (TPSA) is 103 Å². The molecule has 0 bridgehead atoms. The number of hydrogen-bond acceptors (Lipinski definition) is 5. The zero-order chi connectivity index (χ0) is 29.7. The predicted molar refractivity (Wildman–Crippen MR) is 152 cm³/mol. The third-order valence-corrected chi connectivity index (χ3v) is 8.07. The minimum Gasteiger partial charge on any atom is -0.429 e. The molecule has 0 saturated carbocycles. The summed E-state index contributed by atoms with van der Waals surface area (Å²) in [5, 5.41) is 17.2. The van der Waals surface area contributed by atoms with Gasteiger partial charge in [-0.2, -0.15) is 5.26 Å². The summed E-state index contributed by atoms with van der Waals surface area (Å²) in [5.41, 5.74) is -0.986. The van der Waals surface area contributed by atoms with Crippen LogP contribution in [0.4, 0.5) is 25.0 Å². The lowest BCUT2D eigenvalue weighted by atomic mass is 9.63. The maximum atomic E-state index is 15.8. The minimum absolute atomic E-state index is 0.0240. The Balaban J connectivity index is 1.65. The SMILES string of the molecule is CC(C)(C)C[C@@H]1N[C@H](OC(=O)Nc2ccc(C#N)cc2)[C@H](c2cccc(Cl)c2F)[C@]12C(=O)Nc1c2ccc(Cl)c1F. The van der Waals surface area contributed by atoms with Gasteiger partial charge in [0.05, 0.1) is 33.3 Å². The van der Waals surface area contributed by atoms with E-state index in [1.807, 2.05) is 26.8 Å². The molecule has 2 aliphatic heterocycles. The average molecular weight is 599 g/mol. The van der Waals surface area contributed by atoms with Gasteiger partial charge in [0.2, 0.25) is 5.91 Å². The fourth-order valence-electron chi connectivity index (χ4n) is 5.89. The third kappa shape index (κ3) is 5.01. The van der Waals surface area contributed by atoms with E-state index in [0.717, 1.165) is 0 Å². The Morgan fingerprint density at radius 2 is 1.76 bits per heavy atom. The van der Waals surface area contributed by atoms with E-state index in [4.69, 9.17) is 33.2 Å². The fraction of sp³-hybridized carbons (Fsp3) is 0.300. The summed E-state index contributed by atoms with van der Waals surface area (Å²) in [6, 6.07) is 14.7. The molecule has 0 unspecified atom stereocenters. The number of halogens is 4. The molecule has 3 aromatic rings. The molecule has 4 atom stereocenters. The summed E-state index contributed by atoms with van der Waals surface area (Å²) in [7, 11) is 0. The second kappa shape index (κ2) is 10.6. The van der Waals surface area contributed by atoms with Crippen molar-refractivity contribution in [1.82, 2.24) is 5.32 Å². The van der Waals surface area contributed by atoms with Crippen molar-refractivity contribution >= 4 is 46.6 Å². The summed E-state index contributed by atoms with van der Waals surface area (Å²) >= 11 is 12.2. The number of carbonyl (C=O) groups is 2. The quantitative estimate of drug-likeness (QED) is 0.297. The van der Waals surface area contributed by atoms with Crippen LogP contribution in [-0.2, 0) is 14.9 Å². The van der Waals surface area contributed by atoms with E-state index in [1.54, 1.807) is 6.07 Å². The van der Waals surface area contributed by atoms with Crippen molar-refractivity contribution in [1.29, 1.82) is 5.26 Å². The highest BCUT2D eigenvalue weighted by Crippen LogP contribution is 2.57. The molecule has 1 saturated heterocycles. The Kier molecular flexibility index (Phi) is 7.45. The van der Waals surface area contributed by atoms with Gasteiger partial charge in [-0.3, -0.25) is 15.4 Å². The summed E-state index contributed by atoms with van der Waals surface area (Å²) in [6.07, 6.45) is -1.74. The number of fused-ring (bicyclic) bond motifs is 2. The lowest BCUT2D eigenvalue weighted by molar-refractivity contribution is -0.122. The van der Waals surface area contributed by atoms with Gasteiger partial charge >= 0.3 is 6.09 Å². The van der Waals surface area contributed by atoms with Gasteiger partial charge in [-0.25, -0.2) is 13.6 Å². The lowest BCUT2D eigenvalue weighted by Gasteiger charge is -2.37.